The summed E-state index contributed by atoms with van der Waals surface area (Å²) in [6.07, 6.45) is 4.18. The van der Waals surface area contributed by atoms with E-state index in [-0.39, 0.29) is 23.9 Å². The quantitative estimate of drug-likeness (QED) is 0.830. The Morgan fingerprint density at radius 3 is 2.59 bits per heavy atom. The molecule has 1 N–H and O–H groups in total. The molecular weight excluding hydrogens is 347 g/mol. The molecular formula is C22H23FO4. The lowest BCUT2D eigenvalue weighted by Gasteiger charge is -2.29. The van der Waals surface area contributed by atoms with E-state index in [1.54, 1.807) is 12.1 Å². The number of benzene rings is 2. The molecule has 1 fully saturated rings. The maximum atomic E-state index is 14.0. The molecule has 27 heavy (non-hydrogen) atoms. The highest BCUT2D eigenvalue weighted by Gasteiger charge is 2.28. The molecule has 1 saturated carbocycles. The molecule has 4 nitrogen and oxygen atoms in total. The zero-order chi connectivity index (χ0) is 18.8. The van der Waals surface area contributed by atoms with E-state index in [4.69, 9.17) is 14.6 Å². The van der Waals surface area contributed by atoms with Crippen LogP contribution in [-0.4, -0.2) is 17.2 Å². The molecule has 5 heteroatoms. The van der Waals surface area contributed by atoms with Crippen LogP contribution in [0.25, 0.3) is 0 Å². The highest BCUT2D eigenvalue weighted by atomic mass is 19.1. The second kappa shape index (κ2) is 7.59. The van der Waals surface area contributed by atoms with Crippen molar-refractivity contribution in [3.05, 3.63) is 59.4 Å². The number of carbonyl (C=O) groups is 1. The van der Waals surface area contributed by atoms with Crippen LogP contribution in [0.1, 0.15) is 49.3 Å². The second-order valence-electron chi connectivity index (χ2n) is 7.37. The smallest absolute Gasteiger partial charge is 0.306 e. The third kappa shape index (κ3) is 3.92. The average Bonchev–Trinajstić information content (AvgIpc) is 2.68. The Morgan fingerprint density at radius 2 is 1.85 bits per heavy atom. The van der Waals surface area contributed by atoms with E-state index in [1.165, 1.54) is 6.07 Å². The minimum atomic E-state index is -0.705. The van der Waals surface area contributed by atoms with Crippen LogP contribution in [0.2, 0.25) is 0 Å². The van der Waals surface area contributed by atoms with Gasteiger partial charge in [0.15, 0.2) is 0 Å². The summed E-state index contributed by atoms with van der Waals surface area (Å²) in [7, 11) is 0. The van der Waals surface area contributed by atoms with E-state index in [0.29, 0.717) is 18.4 Å². The van der Waals surface area contributed by atoms with Gasteiger partial charge in [-0.05, 0) is 68.4 Å². The van der Waals surface area contributed by atoms with E-state index in [1.807, 2.05) is 24.3 Å². The molecule has 0 aromatic heterocycles. The lowest BCUT2D eigenvalue weighted by atomic mass is 9.87. The van der Waals surface area contributed by atoms with Gasteiger partial charge in [-0.15, -0.1) is 0 Å². The predicted octanol–water partition coefficient (Wildman–Crippen LogP) is 4.91. The van der Waals surface area contributed by atoms with Gasteiger partial charge in [0.25, 0.3) is 0 Å². The molecule has 1 unspecified atom stereocenters. The zero-order valence-corrected chi connectivity index (χ0v) is 15.1. The highest BCUT2D eigenvalue weighted by molar-refractivity contribution is 5.70. The fraction of sp³-hybridized carbons (Fsp3) is 0.409. The van der Waals surface area contributed by atoms with Gasteiger partial charge < -0.3 is 14.6 Å². The first-order chi connectivity index (χ1) is 13.1. The van der Waals surface area contributed by atoms with Crippen molar-refractivity contribution in [2.75, 3.05) is 0 Å². The van der Waals surface area contributed by atoms with Gasteiger partial charge in [0.2, 0.25) is 0 Å². The maximum absolute atomic E-state index is 14.0. The van der Waals surface area contributed by atoms with Crippen molar-refractivity contribution < 1.29 is 23.8 Å². The van der Waals surface area contributed by atoms with Crippen molar-refractivity contribution in [3.63, 3.8) is 0 Å². The van der Waals surface area contributed by atoms with Crippen LogP contribution in [0.15, 0.2) is 42.5 Å². The minimum absolute atomic E-state index is 0.0642. The van der Waals surface area contributed by atoms with Gasteiger partial charge in [0.05, 0.1) is 12.0 Å². The lowest BCUT2D eigenvalue weighted by molar-refractivity contribution is -0.143. The Balaban J connectivity index is 1.41. The molecule has 0 radical (unpaired) electrons. The van der Waals surface area contributed by atoms with E-state index in [9.17, 15) is 9.18 Å². The number of ether oxygens (including phenoxy) is 2. The molecule has 1 heterocycles. The van der Waals surface area contributed by atoms with E-state index in [0.717, 1.165) is 42.7 Å². The van der Waals surface area contributed by atoms with Gasteiger partial charge in [0.1, 0.15) is 23.4 Å². The second-order valence-corrected chi connectivity index (χ2v) is 7.37. The predicted molar refractivity (Wildman–Crippen MR) is 98.5 cm³/mol. The normalized spacial score (nSPS) is 24.6. The summed E-state index contributed by atoms with van der Waals surface area (Å²) < 4.78 is 26.1. The number of hydrogen-bond acceptors (Lipinski definition) is 3. The van der Waals surface area contributed by atoms with Gasteiger partial charge in [-0.1, -0.05) is 18.2 Å². The molecule has 1 aliphatic heterocycles. The molecule has 0 amide bonds. The van der Waals surface area contributed by atoms with Crippen LogP contribution in [0, 0.1) is 11.7 Å². The van der Waals surface area contributed by atoms with E-state index in [2.05, 4.69) is 0 Å². The molecule has 2 aromatic rings. The molecule has 2 aliphatic rings. The van der Waals surface area contributed by atoms with Gasteiger partial charge in [-0.3, -0.25) is 4.79 Å². The van der Waals surface area contributed by atoms with Gasteiger partial charge in [-0.2, -0.15) is 0 Å². The van der Waals surface area contributed by atoms with E-state index >= 15 is 0 Å². The van der Waals surface area contributed by atoms with Crippen molar-refractivity contribution in [3.8, 4) is 11.5 Å². The van der Waals surface area contributed by atoms with Crippen molar-refractivity contribution in [2.24, 2.45) is 5.92 Å². The summed E-state index contributed by atoms with van der Waals surface area (Å²) in [4.78, 5) is 11.1. The minimum Gasteiger partial charge on any atom is -0.490 e. The number of aliphatic carboxylic acids is 1. The molecule has 1 atom stereocenters. The van der Waals surface area contributed by atoms with Crippen LogP contribution in [-0.2, 0) is 11.2 Å². The number of carboxylic acids is 1. The summed E-state index contributed by atoms with van der Waals surface area (Å²) in [5, 5.41) is 9.09. The number of fused-ring (bicyclic) bond motifs is 1. The van der Waals surface area contributed by atoms with Gasteiger partial charge >= 0.3 is 5.97 Å². The largest absolute Gasteiger partial charge is 0.490 e. The van der Waals surface area contributed by atoms with E-state index < -0.39 is 5.97 Å². The molecule has 0 bridgehead atoms. The standard InChI is InChI=1S/C22H23FO4/c23-19-4-2-1-3-18(19)21-11-7-15-13-17(10-12-20(15)27-21)26-16-8-5-14(6-9-16)22(24)25/h1-4,10,12-14,16,21H,5-9,11H2,(H,24,25). The molecule has 2 aromatic carbocycles. The highest BCUT2D eigenvalue weighted by Crippen LogP contribution is 2.38. The van der Waals surface area contributed by atoms with Crippen LogP contribution in [0.5, 0.6) is 11.5 Å². The average molecular weight is 370 g/mol. The Morgan fingerprint density at radius 1 is 1.07 bits per heavy atom. The number of carboxylic acid groups (broad SMARTS) is 1. The van der Waals surface area contributed by atoms with Crippen molar-refractivity contribution in [1.82, 2.24) is 0 Å². The first kappa shape index (κ1) is 17.8. The molecule has 0 spiro atoms. The fourth-order valence-corrected chi connectivity index (χ4v) is 4.01. The lowest BCUT2D eigenvalue weighted by Crippen LogP contribution is -2.27. The number of hydrogen-bond donors (Lipinski definition) is 1. The SMILES string of the molecule is O=C(O)C1CCC(Oc2ccc3c(c2)CCC(c2ccccc2F)O3)CC1. The monoisotopic (exact) mass is 370 g/mol. The number of aryl methyl sites for hydroxylation is 1. The Kier molecular flexibility index (Phi) is 5.01. The molecule has 1 aliphatic carbocycles. The summed E-state index contributed by atoms with van der Waals surface area (Å²) in [6, 6.07) is 12.5. The summed E-state index contributed by atoms with van der Waals surface area (Å²) in [5.41, 5.74) is 1.66. The first-order valence-corrected chi connectivity index (χ1v) is 9.53. The van der Waals surface area contributed by atoms with Crippen LogP contribution in [0.4, 0.5) is 4.39 Å². The fourth-order valence-electron chi connectivity index (χ4n) is 4.01. The summed E-state index contributed by atoms with van der Waals surface area (Å²) in [5.74, 6) is 0.389. The first-order valence-electron chi connectivity index (χ1n) is 9.53. The van der Waals surface area contributed by atoms with Crippen LogP contribution >= 0.6 is 0 Å². The Hall–Kier alpha value is -2.56. The van der Waals surface area contributed by atoms with Gasteiger partial charge in [-0.25, -0.2) is 4.39 Å². The summed E-state index contributed by atoms with van der Waals surface area (Å²) >= 11 is 0. The third-order valence-electron chi connectivity index (χ3n) is 5.56. The third-order valence-corrected chi connectivity index (χ3v) is 5.56. The van der Waals surface area contributed by atoms with Crippen molar-refractivity contribution in [1.29, 1.82) is 0 Å². The van der Waals surface area contributed by atoms with Crippen molar-refractivity contribution in [2.45, 2.75) is 50.7 Å². The van der Waals surface area contributed by atoms with Crippen LogP contribution < -0.4 is 9.47 Å². The summed E-state index contributed by atoms with van der Waals surface area (Å²) in [6.45, 7) is 0. The Labute approximate surface area is 157 Å². The molecule has 0 saturated heterocycles. The van der Waals surface area contributed by atoms with Gasteiger partial charge in [0, 0.05) is 5.56 Å². The number of rotatable bonds is 4. The maximum Gasteiger partial charge on any atom is 0.306 e. The topological polar surface area (TPSA) is 55.8 Å². The number of halogens is 1. The Bertz CT molecular complexity index is 827. The van der Waals surface area contributed by atoms with Crippen LogP contribution in [0.3, 0.4) is 0 Å². The zero-order valence-electron chi connectivity index (χ0n) is 15.1. The molecule has 142 valence electrons. The van der Waals surface area contributed by atoms with Crippen molar-refractivity contribution >= 4 is 5.97 Å². The molecule has 4 rings (SSSR count).